The molecule has 0 radical (unpaired) electrons. The maximum atomic E-state index is 12.3. The molecule has 0 bridgehead atoms. The van der Waals surface area contributed by atoms with Gasteiger partial charge in [-0.25, -0.2) is 0 Å². The van der Waals surface area contributed by atoms with Crippen LogP contribution in [0.15, 0.2) is 36.4 Å². The monoisotopic (exact) mass is 326 g/mol. The second-order valence-corrected chi connectivity index (χ2v) is 6.74. The van der Waals surface area contributed by atoms with E-state index in [0.29, 0.717) is 6.42 Å². The number of aryl methyl sites for hydroxylation is 3. The van der Waals surface area contributed by atoms with Crippen molar-refractivity contribution in [3.8, 4) is 0 Å². The van der Waals surface area contributed by atoms with Crippen LogP contribution >= 0.6 is 0 Å². The standard InChI is InChI=1S/C20H26N2O2/c1-15-14-16(2)22(21-15)18-10-6-7-11-19(18)24-20(23)13-12-17-8-4-3-5-9-17/h3-5,8-9,14,18-19H,6-7,10-13H2,1-2H3/t18-,19+/m0/s1. The van der Waals surface area contributed by atoms with Crippen LogP contribution in [0.25, 0.3) is 0 Å². The van der Waals surface area contributed by atoms with Crippen LogP contribution in [-0.4, -0.2) is 21.9 Å². The zero-order chi connectivity index (χ0) is 16.9. The van der Waals surface area contributed by atoms with Crippen molar-refractivity contribution in [2.45, 2.75) is 64.5 Å². The Morgan fingerprint density at radius 3 is 2.67 bits per heavy atom. The first-order chi connectivity index (χ1) is 11.6. The van der Waals surface area contributed by atoms with Crippen LogP contribution in [0.5, 0.6) is 0 Å². The van der Waals surface area contributed by atoms with E-state index in [1.165, 1.54) is 12.0 Å². The molecule has 1 aromatic carbocycles. The van der Waals surface area contributed by atoms with Crippen LogP contribution in [0, 0.1) is 13.8 Å². The van der Waals surface area contributed by atoms with E-state index in [2.05, 4.69) is 22.8 Å². The molecule has 1 fully saturated rings. The molecule has 4 heteroatoms. The predicted octanol–water partition coefficient (Wildman–Crippen LogP) is 4.16. The molecule has 0 saturated heterocycles. The fourth-order valence-corrected chi connectivity index (χ4v) is 3.60. The summed E-state index contributed by atoms with van der Waals surface area (Å²) in [7, 11) is 0. The van der Waals surface area contributed by atoms with Gasteiger partial charge >= 0.3 is 5.97 Å². The van der Waals surface area contributed by atoms with Gasteiger partial charge in [-0.3, -0.25) is 9.48 Å². The molecule has 1 aromatic heterocycles. The van der Waals surface area contributed by atoms with Gasteiger partial charge < -0.3 is 4.74 Å². The number of esters is 1. The maximum absolute atomic E-state index is 12.3. The van der Waals surface area contributed by atoms with Crippen LogP contribution < -0.4 is 0 Å². The van der Waals surface area contributed by atoms with E-state index in [1.54, 1.807) is 0 Å². The quantitative estimate of drug-likeness (QED) is 0.775. The lowest BCUT2D eigenvalue weighted by Gasteiger charge is -2.32. The average Bonchev–Trinajstić information content (AvgIpc) is 2.93. The molecule has 1 aliphatic carbocycles. The molecule has 1 saturated carbocycles. The van der Waals surface area contributed by atoms with Crippen LogP contribution in [-0.2, 0) is 16.0 Å². The first-order valence-electron chi connectivity index (χ1n) is 8.89. The van der Waals surface area contributed by atoms with Gasteiger partial charge in [0.05, 0.1) is 11.7 Å². The van der Waals surface area contributed by atoms with Gasteiger partial charge in [-0.05, 0) is 51.2 Å². The highest BCUT2D eigenvalue weighted by Gasteiger charge is 2.31. The highest BCUT2D eigenvalue weighted by Crippen LogP contribution is 2.32. The number of carbonyl (C=O) groups excluding carboxylic acids is 1. The van der Waals surface area contributed by atoms with Crippen molar-refractivity contribution in [1.29, 1.82) is 0 Å². The summed E-state index contributed by atoms with van der Waals surface area (Å²) in [6.07, 6.45) is 5.35. The van der Waals surface area contributed by atoms with Crippen molar-refractivity contribution in [3.63, 3.8) is 0 Å². The minimum atomic E-state index is -0.0997. The number of hydrogen-bond donors (Lipinski definition) is 0. The van der Waals surface area contributed by atoms with Gasteiger partial charge in [-0.2, -0.15) is 5.10 Å². The Balaban J connectivity index is 1.61. The molecule has 0 aliphatic heterocycles. The highest BCUT2D eigenvalue weighted by atomic mass is 16.5. The second-order valence-electron chi connectivity index (χ2n) is 6.74. The Morgan fingerprint density at radius 1 is 1.21 bits per heavy atom. The molecule has 1 aliphatic rings. The van der Waals surface area contributed by atoms with Gasteiger partial charge in [-0.15, -0.1) is 0 Å². The van der Waals surface area contributed by atoms with E-state index in [-0.39, 0.29) is 18.1 Å². The molecule has 4 nitrogen and oxygen atoms in total. The topological polar surface area (TPSA) is 44.1 Å². The normalized spacial score (nSPS) is 20.8. The molecule has 0 unspecified atom stereocenters. The predicted molar refractivity (Wildman–Crippen MR) is 93.8 cm³/mol. The first kappa shape index (κ1) is 16.7. The number of carbonyl (C=O) groups is 1. The molecule has 0 amide bonds. The summed E-state index contributed by atoms with van der Waals surface area (Å²) in [5, 5.41) is 4.61. The largest absolute Gasteiger partial charge is 0.460 e. The molecule has 1 heterocycles. The van der Waals surface area contributed by atoms with Crippen molar-refractivity contribution in [3.05, 3.63) is 53.3 Å². The zero-order valence-electron chi connectivity index (χ0n) is 14.6. The first-order valence-corrected chi connectivity index (χ1v) is 8.89. The van der Waals surface area contributed by atoms with Crippen LogP contribution in [0.2, 0.25) is 0 Å². The lowest BCUT2D eigenvalue weighted by Crippen LogP contribution is -2.33. The summed E-state index contributed by atoms with van der Waals surface area (Å²) < 4.78 is 7.90. The van der Waals surface area contributed by atoms with Gasteiger partial charge in [0.1, 0.15) is 6.10 Å². The Kier molecular flexibility index (Phi) is 5.34. The van der Waals surface area contributed by atoms with Gasteiger partial charge in [0.15, 0.2) is 0 Å². The van der Waals surface area contributed by atoms with E-state index in [4.69, 9.17) is 4.74 Å². The highest BCUT2D eigenvalue weighted by molar-refractivity contribution is 5.70. The third-order valence-electron chi connectivity index (χ3n) is 4.77. The smallest absolute Gasteiger partial charge is 0.306 e. The number of nitrogens with zero attached hydrogens (tertiary/aromatic N) is 2. The average molecular weight is 326 g/mol. The van der Waals surface area contributed by atoms with Gasteiger partial charge in [0.2, 0.25) is 0 Å². The van der Waals surface area contributed by atoms with Crippen molar-refractivity contribution in [2.24, 2.45) is 0 Å². The fraction of sp³-hybridized carbons (Fsp3) is 0.500. The zero-order valence-corrected chi connectivity index (χ0v) is 14.6. The van der Waals surface area contributed by atoms with Gasteiger partial charge in [0, 0.05) is 12.1 Å². The number of benzene rings is 1. The Bertz CT molecular complexity index is 678. The SMILES string of the molecule is Cc1cc(C)n([C@H]2CCCC[C@H]2OC(=O)CCc2ccccc2)n1. The minimum Gasteiger partial charge on any atom is -0.460 e. The summed E-state index contributed by atoms with van der Waals surface area (Å²) >= 11 is 0. The summed E-state index contributed by atoms with van der Waals surface area (Å²) in [6.45, 7) is 4.08. The lowest BCUT2D eigenvalue weighted by atomic mass is 9.92. The molecule has 128 valence electrons. The number of aromatic nitrogens is 2. The van der Waals surface area contributed by atoms with E-state index >= 15 is 0 Å². The third-order valence-corrected chi connectivity index (χ3v) is 4.77. The Hall–Kier alpha value is -2.10. The molecule has 2 atom stereocenters. The summed E-state index contributed by atoms with van der Waals surface area (Å²) in [5.74, 6) is -0.0997. The molecule has 0 spiro atoms. The molecule has 2 aromatic rings. The van der Waals surface area contributed by atoms with E-state index in [0.717, 1.165) is 37.1 Å². The second kappa shape index (κ2) is 7.65. The van der Waals surface area contributed by atoms with Crippen molar-refractivity contribution in [2.75, 3.05) is 0 Å². The van der Waals surface area contributed by atoms with Crippen molar-refractivity contribution < 1.29 is 9.53 Å². The van der Waals surface area contributed by atoms with E-state index < -0.39 is 0 Å². The summed E-state index contributed by atoms with van der Waals surface area (Å²) in [6, 6.07) is 12.3. The molecular formula is C20H26N2O2. The lowest BCUT2D eigenvalue weighted by molar-refractivity contribution is -0.153. The summed E-state index contributed by atoms with van der Waals surface area (Å²) in [4.78, 5) is 12.3. The van der Waals surface area contributed by atoms with Crippen LogP contribution in [0.4, 0.5) is 0 Å². The third kappa shape index (κ3) is 4.05. The molecule has 24 heavy (non-hydrogen) atoms. The number of ether oxygens (including phenoxy) is 1. The van der Waals surface area contributed by atoms with Crippen molar-refractivity contribution in [1.82, 2.24) is 9.78 Å². The van der Waals surface area contributed by atoms with Gasteiger partial charge in [0.25, 0.3) is 0 Å². The molecule has 3 rings (SSSR count). The van der Waals surface area contributed by atoms with E-state index in [1.807, 2.05) is 37.3 Å². The van der Waals surface area contributed by atoms with Crippen molar-refractivity contribution >= 4 is 5.97 Å². The van der Waals surface area contributed by atoms with Gasteiger partial charge in [-0.1, -0.05) is 36.8 Å². The molecular weight excluding hydrogens is 300 g/mol. The van der Waals surface area contributed by atoms with E-state index in [9.17, 15) is 4.79 Å². The van der Waals surface area contributed by atoms with Crippen LogP contribution in [0.3, 0.4) is 0 Å². The molecule has 0 N–H and O–H groups in total. The summed E-state index contributed by atoms with van der Waals surface area (Å²) in [5.41, 5.74) is 3.34. The van der Waals surface area contributed by atoms with Crippen LogP contribution in [0.1, 0.15) is 55.1 Å². The number of rotatable bonds is 5. The Labute approximate surface area is 143 Å². The number of hydrogen-bond acceptors (Lipinski definition) is 3. The minimum absolute atomic E-state index is 0.0555. The fourth-order valence-electron chi connectivity index (χ4n) is 3.60. The Morgan fingerprint density at radius 2 is 1.96 bits per heavy atom. The maximum Gasteiger partial charge on any atom is 0.306 e.